The number of ether oxygens (including phenoxy) is 1. The normalized spacial score (nSPS) is 11.4. The molecule has 0 unspecified atom stereocenters. The molecule has 3 aromatic carbocycles. The summed E-state index contributed by atoms with van der Waals surface area (Å²) in [7, 11) is 0. The average Bonchev–Trinajstić information content (AvgIpc) is 2.71. The number of carbonyl (C=O) groups excluding carboxylic acids is 1. The van der Waals surface area contributed by atoms with Crippen LogP contribution in [0.2, 0.25) is 0 Å². The maximum Gasteiger partial charge on any atom is 0.277 e. The van der Waals surface area contributed by atoms with Gasteiger partial charge in [-0.1, -0.05) is 71.4 Å². The van der Waals surface area contributed by atoms with E-state index in [0.29, 0.717) is 5.75 Å². The highest BCUT2D eigenvalue weighted by molar-refractivity contribution is 9.10. The van der Waals surface area contributed by atoms with Gasteiger partial charge in [0.1, 0.15) is 5.75 Å². The third kappa shape index (κ3) is 4.74. The minimum absolute atomic E-state index is 0.100. The predicted octanol–water partition coefficient (Wildman–Crippen LogP) is 5.08. The number of aryl methyl sites for hydroxylation is 1. The molecule has 0 atom stereocenters. The summed E-state index contributed by atoms with van der Waals surface area (Å²) in [6.07, 6.45) is 0.995. The molecule has 0 aliphatic rings. The first kappa shape index (κ1) is 19.1. The molecule has 0 saturated heterocycles. The fourth-order valence-electron chi connectivity index (χ4n) is 2.73. The van der Waals surface area contributed by atoms with Gasteiger partial charge in [-0.2, -0.15) is 5.10 Å². The Hall–Kier alpha value is -2.66. The number of benzene rings is 3. The van der Waals surface area contributed by atoms with Crippen LogP contribution in [0, 0.1) is 0 Å². The number of hydrogen-bond acceptors (Lipinski definition) is 3. The van der Waals surface area contributed by atoms with E-state index < -0.39 is 0 Å². The van der Waals surface area contributed by atoms with Gasteiger partial charge < -0.3 is 4.74 Å². The van der Waals surface area contributed by atoms with E-state index in [1.807, 2.05) is 55.5 Å². The number of carbonyl (C=O) groups is 1. The van der Waals surface area contributed by atoms with Crippen LogP contribution in [0.5, 0.6) is 5.75 Å². The molecule has 5 heteroatoms. The lowest BCUT2D eigenvalue weighted by molar-refractivity contribution is -0.123. The SMILES string of the molecule is CCc1ccc(/C(C)=N\NC(=O)COc2ccc(Br)c3ccccc23)cc1. The van der Waals surface area contributed by atoms with Gasteiger partial charge in [0, 0.05) is 9.86 Å². The van der Waals surface area contributed by atoms with Crippen molar-refractivity contribution < 1.29 is 9.53 Å². The van der Waals surface area contributed by atoms with Gasteiger partial charge in [0.2, 0.25) is 0 Å². The Morgan fingerprint density at radius 1 is 1.04 bits per heavy atom. The first-order valence-electron chi connectivity index (χ1n) is 8.81. The largest absolute Gasteiger partial charge is 0.483 e. The van der Waals surface area contributed by atoms with E-state index >= 15 is 0 Å². The molecule has 0 aliphatic carbocycles. The predicted molar refractivity (Wildman–Crippen MR) is 113 cm³/mol. The number of nitrogens with zero attached hydrogens (tertiary/aromatic N) is 1. The molecule has 4 nitrogen and oxygen atoms in total. The van der Waals surface area contributed by atoms with Gasteiger partial charge >= 0.3 is 0 Å². The fraction of sp³-hybridized carbons (Fsp3) is 0.182. The van der Waals surface area contributed by atoms with Gasteiger partial charge in [-0.15, -0.1) is 0 Å². The van der Waals surface area contributed by atoms with Crippen molar-refractivity contribution in [1.82, 2.24) is 5.43 Å². The van der Waals surface area contributed by atoms with Crippen LogP contribution in [0.15, 0.2) is 70.2 Å². The number of hydrogen-bond donors (Lipinski definition) is 1. The van der Waals surface area contributed by atoms with E-state index in [2.05, 4.69) is 45.5 Å². The Kier molecular flexibility index (Phi) is 6.24. The topological polar surface area (TPSA) is 50.7 Å². The van der Waals surface area contributed by atoms with Gasteiger partial charge in [-0.3, -0.25) is 4.79 Å². The van der Waals surface area contributed by atoms with Crippen LogP contribution in [0.1, 0.15) is 25.0 Å². The monoisotopic (exact) mass is 424 g/mol. The summed E-state index contributed by atoms with van der Waals surface area (Å²) < 4.78 is 6.69. The molecule has 0 fully saturated rings. The highest BCUT2D eigenvalue weighted by atomic mass is 79.9. The van der Waals surface area contributed by atoms with Crippen molar-refractivity contribution in [3.05, 3.63) is 76.3 Å². The van der Waals surface area contributed by atoms with Gasteiger partial charge in [-0.05, 0) is 42.0 Å². The third-order valence-electron chi connectivity index (χ3n) is 4.32. The number of amides is 1. The van der Waals surface area contributed by atoms with Crippen LogP contribution >= 0.6 is 15.9 Å². The molecule has 3 rings (SSSR count). The van der Waals surface area contributed by atoms with E-state index in [9.17, 15) is 4.79 Å². The van der Waals surface area contributed by atoms with E-state index in [0.717, 1.165) is 32.9 Å². The summed E-state index contributed by atoms with van der Waals surface area (Å²) in [6, 6.07) is 19.8. The molecule has 0 aliphatic heterocycles. The molecular weight excluding hydrogens is 404 g/mol. The maximum atomic E-state index is 12.1. The molecule has 27 heavy (non-hydrogen) atoms. The molecular formula is C22H21BrN2O2. The van der Waals surface area contributed by atoms with E-state index in [-0.39, 0.29) is 12.5 Å². The lowest BCUT2D eigenvalue weighted by atomic mass is 10.1. The average molecular weight is 425 g/mol. The lowest BCUT2D eigenvalue weighted by Gasteiger charge is -2.10. The zero-order valence-corrected chi connectivity index (χ0v) is 16.9. The Labute approximate surface area is 167 Å². The Morgan fingerprint density at radius 3 is 2.44 bits per heavy atom. The molecule has 0 radical (unpaired) electrons. The van der Waals surface area contributed by atoms with Crippen LogP contribution < -0.4 is 10.2 Å². The standard InChI is InChI=1S/C22H21BrN2O2/c1-3-16-8-10-17(11-9-16)15(2)24-25-22(26)14-27-21-13-12-20(23)18-6-4-5-7-19(18)21/h4-13H,3,14H2,1-2H3,(H,25,26)/b24-15-. The van der Waals surface area contributed by atoms with Gasteiger partial charge in [0.05, 0.1) is 5.71 Å². The van der Waals surface area contributed by atoms with E-state index in [4.69, 9.17) is 4.74 Å². The molecule has 0 bridgehead atoms. The molecule has 138 valence electrons. The van der Waals surface area contributed by atoms with Crippen molar-refractivity contribution >= 4 is 38.3 Å². The van der Waals surface area contributed by atoms with Gasteiger partial charge in [-0.25, -0.2) is 5.43 Å². The fourth-order valence-corrected chi connectivity index (χ4v) is 3.21. The first-order chi connectivity index (χ1) is 13.1. The molecule has 1 N–H and O–H groups in total. The highest BCUT2D eigenvalue weighted by Crippen LogP contribution is 2.31. The van der Waals surface area contributed by atoms with E-state index in [1.165, 1.54) is 5.56 Å². The van der Waals surface area contributed by atoms with Crippen molar-refractivity contribution in [1.29, 1.82) is 0 Å². The Bertz CT molecular complexity index is 981. The number of halogens is 1. The van der Waals surface area contributed by atoms with Crippen LogP contribution in [-0.2, 0) is 11.2 Å². The highest BCUT2D eigenvalue weighted by Gasteiger charge is 2.08. The molecule has 3 aromatic rings. The second-order valence-corrected chi connectivity index (χ2v) is 7.02. The van der Waals surface area contributed by atoms with Crippen molar-refractivity contribution in [3.63, 3.8) is 0 Å². The summed E-state index contributed by atoms with van der Waals surface area (Å²) in [4.78, 5) is 12.1. The van der Waals surface area contributed by atoms with Crippen LogP contribution in [0.4, 0.5) is 0 Å². The Morgan fingerprint density at radius 2 is 1.74 bits per heavy atom. The summed E-state index contributed by atoms with van der Waals surface area (Å²) in [5.74, 6) is 0.367. The maximum absolute atomic E-state index is 12.1. The van der Waals surface area contributed by atoms with E-state index in [1.54, 1.807) is 0 Å². The number of fused-ring (bicyclic) bond motifs is 1. The minimum Gasteiger partial charge on any atom is -0.483 e. The van der Waals surface area contributed by atoms with Crippen LogP contribution in [0.3, 0.4) is 0 Å². The second-order valence-electron chi connectivity index (χ2n) is 6.16. The zero-order chi connectivity index (χ0) is 19.2. The third-order valence-corrected chi connectivity index (χ3v) is 5.01. The van der Waals surface area contributed by atoms with Crippen LogP contribution in [0.25, 0.3) is 10.8 Å². The summed E-state index contributed by atoms with van der Waals surface area (Å²) in [5.41, 5.74) is 5.55. The number of nitrogens with one attached hydrogen (secondary N) is 1. The zero-order valence-electron chi connectivity index (χ0n) is 15.3. The molecule has 0 spiro atoms. The first-order valence-corrected chi connectivity index (χ1v) is 9.60. The minimum atomic E-state index is -0.300. The summed E-state index contributed by atoms with van der Waals surface area (Å²) in [5, 5.41) is 6.16. The lowest BCUT2D eigenvalue weighted by Crippen LogP contribution is -2.25. The second kappa shape index (κ2) is 8.82. The van der Waals surface area contributed by atoms with Crippen molar-refractivity contribution in [2.75, 3.05) is 6.61 Å². The Balaban J connectivity index is 1.62. The molecule has 0 saturated carbocycles. The number of hydrazone groups is 1. The molecule has 0 aromatic heterocycles. The summed E-state index contributed by atoms with van der Waals surface area (Å²) >= 11 is 3.53. The van der Waals surface area contributed by atoms with Gasteiger partial charge in [0.15, 0.2) is 6.61 Å². The van der Waals surface area contributed by atoms with Crippen molar-refractivity contribution in [2.45, 2.75) is 20.3 Å². The van der Waals surface area contributed by atoms with Gasteiger partial charge in [0.25, 0.3) is 5.91 Å². The quantitative estimate of drug-likeness (QED) is 0.442. The van der Waals surface area contributed by atoms with Crippen molar-refractivity contribution in [2.24, 2.45) is 5.10 Å². The molecule has 1 amide bonds. The molecule has 0 heterocycles. The van der Waals surface area contributed by atoms with Crippen molar-refractivity contribution in [3.8, 4) is 5.75 Å². The summed E-state index contributed by atoms with van der Waals surface area (Å²) in [6.45, 7) is 3.88. The van der Waals surface area contributed by atoms with Crippen LogP contribution in [-0.4, -0.2) is 18.2 Å². The number of rotatable bonds is 6. The smallest absolute Gasteiger partial charge is 0.277 e.